The van der Waals surface area contributed by atoms with Gasteiger partial charge in [-0.1, -0.05) is 13.3 Å². The maximum absolute atomic E-state index is 5.76. The first kappa shape index (κ1) is 10.0. The highest BCUT2D eigenvalue weighted by atomic mass is 16.7. The normalized spacial score (nSPS) is 21.5. The van der Waals surface area contributed by atoms with Crippen LogP contribution in [-0.2, 0) is 9.47 Å². The standard InChI is InChI=1S/C10H20O2/c1-3-4-9-12-10(11-2)7-5-6-8-10/h3-9H2,1-2H3. The van der Waals surface area contributed by atoms with E-state index in [9.17, 15) is 0 Å². The summed E-state index contributed by atoms with van der Waals surface area (Å²) in [5.41, 5.74) is 0. The van der Waals surface area contributed by atoms with E-state index >= 15 is 0 Å². The van der Waals surface area contributed by atoms with E-state index in [2.05, 4.69) is 6.92 Å². The number of hydrogen-bond acceptors (Lipinski definition) is 2. The molecule has 0 amide bonds. The van der Waals surface area contributed by atoms with Gasteiger partial charge in [-0.25, -0.2) is 0 Å². The number of rotatable bonds is 5. The smallest absolute Gasteiger partial charge is 0.167 e. The molecule has 1 aliphatic rings. The van der Waals surface area contributed by atoms with Gasteiger partial charge in [-0.3, -0.25) is 0 Å². The first-order valence-corrected chi connectivity index (χ1v) is 5.02. The fourth-order valence-electron chi connectivity index (χ4n) is 1.72. The zero-order valence-electron chi connectivity index (χ0n) is 8.27. The summed E-state index contributed by atoms with van der Waals surface area (Å²) in [7, 11) is 1.76. The van der Waals surface area contributed by atoms with Gasteiger partial charge in [0.05, 0.1) is 6.61 Å². The Morgan fingerprint density at radius 3 is 2.42 bits per heavy atom. The molecule has 0 atom stereocenters. The molecule has 1 saturated carbocycles. The molecule has 0 aromatic rings. The van der Waals surface area contributed by atoms with E-state index in [0.717, 1.165) is 25.9 Å². The van der Waals surface area contributed by atoms with Crippen molar-refractivity contribution in [3.8, 4) is 0 Å². The molecule has 0 aromatic heterocycles. The summed E-state index contributed by atoms with van der Waals surface area (Å²) in [6, 6.07) is 0. The lowest BCUT2D eigenvalue weighted by atomic mass is 10.2. The minimum atomic E-state index is -0.213. The van der Waals surface area contributed by atoms with Crippen LogP contribution in [-0.4, -0.2) is 19.5 Å². The van der Waals surface area contributed by atoms with Crippen molar-refractivity contribution in [2.45, 2.75) is 51.2 Å². The van der Waals surface area contributed by atoms with Crippen LogP contribution in [0.15, 0.2) is 0 Å². The third kappa shape index (κ3) is 2.46. The molecule has 0 bridgehead atoms. The Balaban J connectivity index is 2.24. The van der Waals surface area contributed by atoms with E-state index in [4.69, 9.17) is 9.47 Å². The van der Waals surface area contributed by atoms with Crippen molar-refractivity contribution in [1.82, 2.24) is 0 Å². The van der Waals surface area contributed by atoms with Gasteiger partial charge in [-0.2, -0.15) is 0 Å². The van der Waals surface area contributed by atoms with E-state index in [1.165, 1.54) is 19.3 Å². The van der Waals surface area contributed by atoms with Crippen molar-refractivity contribution in [2.75, 3.05) is 13.7 Å². The van der Waals surface area contributed by atoms with Gasteiger partial charge in [-0.05, 0) is 19.3 Å². The largest absolute Gasteiger partial charge is 0.353 e. The molecular formula is C10H20O2. The second-order valence-electron chi connectivity index (χ2n) is 3.52. The predicted molar refractivity (Wildman–Crippen MR) is 49.1 cm³/mol. The van der Waals surface area contributed by atoms with Crippen molar-refractivity contribution in [2.24, 2.45) is 0 Å². The Bertz CT molecular complexity index is 117. The van der Waals surface area contributed by atoms with Crippen molar-refractivity contribution in [1.29, 1.82) is 0 Å². The Labute approximate surface area is 75.2 Å². The zero-order chi connectivity index (χ0) is 8.86. The van der Waals surface area contributed by atoms with Crippen LogP contribution >= 0.6 is 0 Å². The fourth-order valence-corrected chi connectivity index (χ4v) is 1.72. The zero-order valence-corrected chi connectivity index (χ0v) is 8.27. The highest BCUT2D eigenvalue weighted by Crippen LogP contribution is 2.33. The SMILES string of the molecule is CCCCOC1(OC)CCCC1. The van der Waals surface area contributed by atoms with Crippen molar-refractivity contribution in [3.05, 3.63) is 0 Å². The number of unbranched alkanes of at least 4 members (excludes halogenated alkanes) is 1. The van der Waals surface area contributed by atoms with Crippen molar-refractivity contribution < 1.29 is 9.47 Å². The Hall–Kier alpha value is -0.0800. The van der Waals surface area contributed by atoms with Gasteiger partial charge in [0.1, 0.15) is 0 Å². The van der Waals surface area contributed by atoms with E-state index in [-0.39, 0.29) is 5.79 Å². The van der Waals surface area contributed by atoms with Gasteiger partial charge in [0.25, 0.3) is 0 Å². The van der Waals surface area contributed by atoms with Gasteiger partial charge in [0.2, 0.25) is 0 Å². The number of ether oxygens (including phenoxy) is 2. The van der Waals surface area contributed by atoms with E-state index < -0.39 is 0 Å². The van der Waals surface area contributed by atoms with Gasteiger partial charge < -0.3 is 9.47 Å². The Morgan fingerprint density at radius 2 is 1.92 bits per heavy atom. The van der Waals surface area contributed by atoms with Crippen LogP contribution in [0.5, 0.6) is 0 Å². The molecule has 0 radical (unpaired) electrons. The molecule has 72 valence electrons. The molecule has 2 nitrogen and oxygen atoms in total. The molecule has 0 N–H and O–H groups in total. The second kappa shape index (κ2) is 4.83. The quantitative estimate of drug-likeness (QED) is 0.469. The van der Waals surface area contributed by atoms with Crippen LogP contribution < -0.4 is 0 Å². The molecule has 1 aliphatic carbocycles. The monoisotopic (exact) mass is 172 g/mol. The van der Waals surface area contributed by atoms with E-state index in [0.29, 0.717) is 0 Å². The summed E-state index contributed by atoms with van der Waals surface area (Å²) in [5.74, 6) is -0.213. The molecule has 0 aliphatic heterocycles. The van der Waals surface area contributed by atoms with Crippen LogP contribution in [0.1, 0.15) is 45.4 Å². The predicted octanol–water partition coefficient (Wildman–Crippen LogP) is 2.72. The summed E-state index contributed by atoms with van der Waals surface area (Å²) in [6.07, 6.45) is 6.99. The molecular weight excluding hydrogens is 152 g/mol. The minimum Gasteiger partial charge on any atom is -0.353 e. The first-order chi connectivity index (χ1) is 5.83. The third-order valence-electron chi connectivity index (χ3n) is 2.60. The average Bonchev–Trinajstić information content (AvgIpc) is 2.55. The summed E-state index contributed by atoms with van der Waals surface area (Å²) >= 11 is 0. The number of methoxy groups -OCH3 is 1. The molecule has 1 rings (SSSR count). The lowest BCUT2D eigenvalue weighted by molar-refractivity contribution is -0.217. The molecule has 2 heteroatoms. The van der Waals surface area contributed by atoms with Crippen molar-refractivity contribution >= 4 is 0 Å². The summed E-state index contributed by atoms with van der Waals surface area (Å²) < 4.78 is 11.2. The van der Waals surface area contributed by atoms with Crippen molar-refractivity contribution in [3.63, 3.8) is 0 Å². The van der Waals surface area contributed by atoms with Crippen LogP contribution in [0.25, 0.3) is 0 Å². The van der Waals surface area contributed by atoms with Crippen LogP contribution in [0.2, 0.25) is 0 Å². The van der Waals surface area contributed by atoms with Crippen LogP contribution in [0, 0.1) is 0 Å². The highest BCUT2D eigenvalue weighted by molar-refractivity contribution is 4.76. The summed E-state index contributed by atoms with van der Waals surface area (Å²) in [4.78, 5) is 0. The average molecular weight is 172 g/mol. The van der Waals surface area contributed by atoms with Crippen LogP contribution in [0.3, 0.4) is 0 Å². The topological polar surface area (TPSA) is 18.5 Å². The summed E-state index contributed by atoms with van der Waals surface area (Å²) in [5, 5.41) is 0. The maximum Gasteiger partial charge on any atom is 0.167 e. The van der Waals surface area contributed by atoms with E-state index in [1.807, 2.05) is 0 Å². The molecule has 0 aromatic carbocycles. The molecule has 1 fully saturated rings. The molecule has 0 heterocycles. The number of hydrogen-bond donors (Lipinski definition) is 0. The highest BCUT2D eigenvalue weighted by Gasteiger charge is 2.34. The van der Waals surface area contributed by atoms with Gasteiger partial charge >= 0.3 is 0 Å². The maximum atomic E-state index is 5.76. The summed E-state index contributed by atoms with van der Waals surface area (Å²) in [6.45, 7) is 3.03. The third-order valence-corrected chi connectivity index (χ3v) is 2.60. The fraction of sp³-hybridized carbons (Fsp3) is 1.00. The molecule has 12 heavy (non-hydrogen) atoms. The minimum absolute atomic E-state index is 0.213. The Morgan fingerprint density at radius 1 is 1.25 bits per heavy atom. The lowest BCUT2D eigenvalue weighted by Gasteiger charge is -2.27. The molecule has 0 spiro atoms. The second-order valence-corrected chi connectivity index (χ2v) is 3.52. The first-order valence-electron chi connectivity index (χ1n) is 5.02. The van der Waals surface area contributed by atoms with E-state index in [1.54, 1.807) is 7.11 Å². The van der Waals surface area contributed by atoms with Gasteiger partial charge in [0, 0.05) is 20.0 Å². The van der Waals surface area contributed by atoms with Gasteiger partial charge in [-0.15, -0.1) is 0 Å². The van der Waals surface area contributed by atoms with Crippen LogP contribution in [0.4, 0.5) is 0 Å². The molecule has 0 saturated heterocycles. The Kier molecular flexibility index (Phi) is 4.02. The lowest BCUT2D eigenvalue weighted by Crippen LogP contribution is -2.31. The van der Waals surface area contributed by atoms with Gasteiger partial charge in [0.15, 0.2) is 5.79 Å². The molecule has 0 unspecified atom stereocenters.